The number of carbonyl (C=O) groups is 1. The van der Waals surface area contributed by atoms with Crippen LogP contribution in [0.4, 0.5) is 5.69 Å². The summed E-state index contributed by atoms with van der Waals surface area (Å²) in [6.45, 7) is 1.92. The van der Waals surface area contributed by atoms with Gasteiger partial charge >= 0.3 is 0 Å². The topological polar surface area (TPSA) is 49.0 Å². The van der Waals surface area contributed by atoms with E-state index in [9.17, 15) is 4.79 Å². The first-order valence-corrected chi connectivity index (χ1v) is 6.90. The highest BCUT2D eigenvalue weighted by atomic mass is 16.2. The van der Waals surface area contributed by atoms with Gasteiger partial charge < -0.3 is 9.88 Å². The second-order valence-electron chi connectivity index (χ2n) is 5.14. The summed E-state index contributed by atoms with van der Waals surface area (Å²) in [5.41, 5.74) is 3.75. The summed E-state index contributed by atoms with van der Waals surface area (Å²) in [5, 5.41) is 0. The third-order valence-electron chi connectivity index (χ3n) is 3.54. The smallest absolute Gasteiger partial charge is 0.231 e. The fourth-order valence-electron chi connectivity index (χ4n) is 2.37. The number of aromatic amines is 1. The molecule has 0 aliphatic carbocycles. The van der Waals surface area contributed by atoms with Crippen molar-refractivity contribution >= 4 is 22.6 Å². The molecule has 0 aliphatic heterocycles. The summed E-state index contributed by atoms with van der Waals surface area (Å²) in [4.78, 5) is 21.6. The van der Waals surface area contributed by atoms with Gasteiger partial charge in [0.2, 0.25) is 5.91 Å². The van der Waals surface area contributed by atoms with Crippen molar-refractivity contribution in [1.29, 1.82) is 0 Å². The number of benzene rings is 2. The number of hydrogen-bond donors (Lipinski definition) is 1. The Morgan fingerprint density at radius 3 is 2.71 bits per heavy atom. The van der Waals surface area contributed by atoms with Crippen LogP contribution in [0.2, 0.25) is 0 Å². The van der Waals surface area contributed by atoms with E-state index >= 15 is 0 Å². The number of aromatic nitrogens is 2. The normalized spacial score (nSPS) is 10.8. The van der Waals surface area contributed by atoms with Gasteiger partial charge in [-0.25, -0.2) is 4.98 Å². The molecule has 1 N–H and O–H groups in total. The molecule has 0 spiro atoms. The second kappa shape index (κ2) is 5.40. The van der Waals surface area contributed by atoms with Gasteiger partial charge in [-0.3, -0.25) is 4.79 Å². The van der Waals surface area contributed by atoms with Crippen molar-refractivity contribution in [1.82, 2.24) is 9.97 Å². The van der Waals surface area contributed by atoms with Gasteiger partial charge in [-0.05, 0) is 30.7 Å². The van der Waals surface area contributed by atoms with E-state index in [1.54, 1.807) is 11.9 Å². The van der Waals surface area contributed by atoms with E-state index in [0.717, 1.165) is 28.1 Å². The number of H-pyrrole nitrogens is 1. The lowest BCUT2D eigenvalue weighted by atomic mass is 10.1. The number of rotatable bonds is 3. The van der Waals surface area contributed by atoms with E-state index in [1.165, 1.54) is 0 Å². The lowest BCUT2D eigenvalue weighted by molar-refractivity contribution is -0.117. The minimum absolute atomic E-state index is 0.0665. The predicted molar refractivity (Wildman–Crippen MR) is 84.4 cm³/mol. The van der Waals surface area contributed by atoms with Crippen molar-refractivity contribution in [3.05, 3.63) is 59.9 Å². The Balaban J connectivity index is 1.82. The molecular weight excluding hydrogens is 262 g/mol. The Kier molecular flexibility index (Phi) is 3.44. The van der Waals surface area contributed by atoms with Gasteiger partial charge in [0.05, 0.1) is 17.5 Å². The Morgan fingerprint density at radius 1 is 1.19 bits per heavy atom. The standard InChI is InChI=1S/C17H17N3O/c1-12-18-15-9-8-14(11-16(15)19-12)20(2)17(21)10-13-6-4-3-5-7-13/h3-9,11H,10H2,1-2H3,(H,18,19). The highest BCUT2D eigenvalue weighted by Gasteiger charge is 2.12. The molecule has 0 atom stereocenters. The zero-order chi connectivity index (χ0) is 14.8. The van der Waals surface area contributed by atoms with Crippen LogP contribution in [0.1, 0.15) is 11.4 Å². The van der Waals surface area contributed by atoms with Crippen LogP contribution in [0.15, 0.2) is 48.5 Å². The van der Waals surface area contributed by atoms with Crippen LogP contribution in [0.5, 0.6) is 0 Å². The number of fused-ring (bicyclic) bond motifs is 1. The fourth-order valence-corrected chi connectivity index (χ4v) is 2.37. The van der Waals surface area contributed by atoms with Crippen LogP contribution >= 0.6 is 0 Å². The van der Waals surface area contributed by atoms with Crippen LogP contribution in [-0.4, -0.2) is 22.9 Å². The van der Waals surface area contributed by atoms with E-state index in [2.05, 4.69) is 9.97 Å². The first kappa shape index (κ1) is 13.4. The van der Waals surface area contributed by atoms with Crippen LogP contribution in [0.3, 0.4) is 0 Å². The minimum Gasteiger partial charge on any atom is -0.342 e. The summed E-state index contributed by atoms with van der Waals surface area (Å²) >= 11 is 0. The number of carbonyl (C=O) groups excluding carboxylic acids is 1. The molecule has 4 heteroatoms. The van der Waals surface area contributed by atoms with Gasteiger partial charge in [-0.2, -0.15) is 0 Å². The SMILES string of the molecule is Cc1nc2ccc(N(C)C(=O)Cc3ccccc3)cc2[nH]1. The number of likely N-dealkylation sites (N-methyl/N-ethyl adjacent to an activating group) is 1. The molecule has 106 valence electrons. The molecule has 3 rings (SSSR count). The Hall–Kier alpha value is -2.62. The van der Waals surface area contributed by atoms with Gasteiger partial charge in [0.1, 0.15) is 5.82 Å². The number of amides is 1. The zero-order valence-electron chi connectivity index (χ0n) is 12.1. The fraction of sp³-hybridized carbons (Fsp3) is 0.176. The molecular formula is C17H17N3O. The maximum absolute atomic E-state index is 12.4. The van der Waals surface area contributed by atoms with Crippen molar-refractivity contribution in [2.75, 3.05) is 11.9 Å². The van der Waals surface area contributed by atoms with Crippen LogP contribution < -0.4 is 4.90 Å². The number of aryl methyl sites for hydroxylation is 1. The average Bonchev–Trinajstić information content (AvgIpc) is 2.86. The lowest BCUT2D eigenvalue weighted by Gasteiger charge is -2.17. The highest BCUT2D eigenvalue weighted by molar-refractivity contribution is 5.96. The highest BCUT2D eigenvalue weighted by Crippen LogP contribution is 2.20. The lowest BCUT2D eigenvalue weighted by Crippen LogP contribution is -2.27. The Morgan fingerprint density at radius 2 is 1.95 bits per heavy atom. The van der Waals surface area contributed by atoms with Crippen LogP contribution in [-0.2, 0) is 11.2 Å². The third kappa shape index (κ3) is 2.79. The van der Waals surface area contributed by atoms with Crippen LogP contribution in [0.25, 0.3) is 11.0 Å². The van der Waals surface area contributed by atoms with E-state index < -0.39 is 0 Å². The van der Waals surface area contributed by atoms with Crippen molar-refractivity contribution in [2.45, 2.75) is 13.3 Å². The number of anilines is 1. The molecule has 21 heavy (non-hydrogen) atoms. The molecule has 0 unspecified atom stereocenters. The molecule has 2 aromatic carbocycles. The molecule has 3 aromatic rings. The maximum Gasteiger partial charge on any atom is 0.231 e. The molecule has 0 saturated heterocycles. The van der Waals surface area contributed by atoms with E-state index in [0.29, 0.717) is 6.42 Å². The number of imidazole rings is 1. The molecule has 0 aliphatic rings. The summed E-state index contributed by atoms with van der Waals surface area (Å²) in [6.07, 6.45) is 0.400. The Bertz CT molecular complexity index is 777. The molecule has 1 aromatic heterocycles. The number of hydrogen-bond acceptors (Lipinski definition) is 2. The first-order valence-electron chi connectivity index (χ1n) is 6.90. The summed E-state index contributed by atoms with van der Waals surface area (Å²) < 4.78 is 0. The van der Waals surface area contributed by atoms with Gasteiger partial charge in [-0.1, -0.05) is 30.3 Å². The van der Waals surface area contributed by atoms with Gasteiger partial charge in [-0.15, -0.1) is 0 Å². The molecule has 1 heterocycles. The largest absolute Gasteiger partial charge is 0.342 e. The first-order chi connectivity index (χ1) is 10.1. The zero-order valence-corrected chi connectivity index (χ0v) is 12.1. The van der Waals surface area contributed by atoms with Gasteiger partial charge in [0.15, 0.2) is 0 Å². The van der Waals surface area contributed by atoms with Crippen molar-refractivity contribution in [3.63, 3.8) is 0 Å². The average molecular weight is 279 g/mol. The molecule has 1 amide bonds. The molecule has 4 nitrogen and oxygen atoms in total. The van der Waals surface area contributed by atoms with Crippen molar-refractivity contribution < 1.29 is 4.79 Å². The summed E-state index contributed by atoms with van der Waals surface area (Å²) in [6, 6.07) is 15.6. The van der Waals surface area contributed by atoms with E-state index in [1.807, 2.05) is 55.5 Å². The van der Waals surface area contributed by atoms with Gasteiger partial charge in [0.25, 0.3) is 0 Å². The maximum atomic E-state index is 12.4. The van der Waals surface area contributed by atoms with Crippen molar-refractivity contribution in [3.8, 4) is 0 Å². The van der Waals surface area contributed by atoms with Crippen molar-refractivity contribution in [2.24, 2.45) is 0 Å². The third-order valence-corrected chi connectivity index (χ3v) is 3.54. The quantitative estimate of drug-likeness (QED) is 0.801. The van der Waals surface area contributed by atoms with Crippen LogP contribution in [0, 0.1) is 6.92 Å². The monoisotopic (exact) mass is 279 g/mol. The van der Waals surface area contributed by atoms with E-state index in [-0.39, 0.29) is 5.91 Å². The number of nitrogens with one attached hydrogen (secondary N) is 1. The molecule has 0 saturated carbocycles. The predicted octanol–water partition coefficient (Wildman–Crippen LogP) is 3.08. The van der Waals surface area contributed by atoms with E-state index in [4.69, 9.17) is 0 Å². The number of nitrogens with zero attached hydrogens (tertiary/aromatic N) is 2. The molecule has 0 bridgehead atoms. The minimum atomic E-state index is 0.0665. The molecule has 0 radical (unpaired) electrons. The second-order valence-corrected chi connectivity index (χ2v) is 5.14. The summed E-state index contributed by atoms with van der Waals surface area (Å²) in [7, 11) is 1.80. The molecule has 0 fully saturated rings. The summed E-state index contributed by atoms with van der Waals surface area (Å²) in [5.74, 6) is 0.942. The van der Waals surface area contributed by atoms with Gasteiger partial charge in [0, 0.05) is 12.7 Å². The Labute approximate surface area is 123 Å².